The lowest BCUT2D eigenvalue weighted by molar-refractivity contribution is 0.161. The summed E-state index contributed by atoms with van der Waals surface area (Å²) in [4.78, 5) is 6.88. The van der Waals surface area contributed by atoms with E-state index in [9.17, 15) is 8.42 Å². The van der Waals surface area contributed by atoms with Gasteiger partial charge in [0.15, 0.2) is 15.8 Å². The highest BCUT2D eigenvalue weighted by Gasteiger charge is 2.29. The monoisotopic (exact) mass is 358 g/mol. The summed E-state index contributed by atoms with van der Waals surface area (Å²) in [6.07, 6.45) is 5.93. The number of likely N-dealkylation sites (tertiary alicyclic amines) is 1. The first kappa shape index (κ1) is 19.5. The van der Waals surface area contributed by atoms with E-state index in [1.807, 2.05) is 0 Å². The highest BCUT2D eigenvalue weighted by atomic mass is 32.2. The molecule has 2 fully saturated rings. The van der Waals surface area contributed by atoms with Crippen molar-refractivity contribution in [2.45, 2.75) is 58.0 Å². The van der Waals surface area contributed by atoms with Crippen LogP contribution < -0.4 is 10.6 Å². The molecule has 140 valence electrons. The van der Waals surface area contributed by atoms with Crippen LogP contribution in [-0.4, -0.2) is 69.5 Å². The van der Waals surface area contributed by atoms with Gasteiger partial charge in [-0.15, -0.1) is 0 Å². The minimum Gasteiger partial charge on any atom is -0.355 e. The lowest BCUT2D eigenvalue weighted by atomic mass is 10.0. The SMILES string of the molecule is CN=C(NCC(C(C)C)N1CCCCCC1)NC1CCS(=O)(=O)C1. The first-order valence-corrected chi connectivity index (χ1v) is 11.1. The fraction of sp³-hybridized carbons (Fsp3) is 0.941. The minimum absolute atomic E-state index is 0.0168. The molecule has 0 radical (unpaired) electrons. The number of nitrogens with one attached hydrogen (secondary N) is 2. The molecule has 2 saturated heterocycles. The van der Waals surface area contributed by atoms with E-state index in [0.717, 1.165) is 12.5 Å². The first-order valence-electron chi connectivity index (χ1n) is 9.33. The Balaban J connectivity index is 1.87. The van der Waals surface area contributed by atoms with E-state index in [1.54, 1.807) is 7.05 Å². The summed E-state index contributed by atoms with van der Waals surface area (Å²) in [7, 11) is -1.12. The van der Waals surface area contributed by atoms with Gasteiger partial charge >= 0.3 is 0 Å². The van der Waals surface area contributed by atoms with Gasteiger partial charge in [-0.05, 0) is 38.3 Å². The molecule has 0 aromatic rings. The van der Waals surface area contributed by atoms with Crippen molar-refractivity contribution in [2.75, 3.05) is 38.2 Å². The molecular formula is C17H34N4O2S. The smallest absolute Gasteiger partial charge is 0.191 e. The first-order chi connectivity index (χ1) is 11.4. The van der Waals surface area contributed by atoms with E-state index in [4.69, 9.17) is 0 Å². The average molecular weight is 359 g/mol. The second-order valence-electron chi connectivity index (χ2n) is 7.46. The molecule has 0 aromatic carbocycles. The number of guanidine groups is 1. The molecule has 6 nitrogen and oxygen atoms in total. The second-order valence-corrected chi connectivity index (χ2v) is 9.69. The predicted molar refractivity (Wildman–Crippen MR) is 100 cm³/mol. The Bertz CT molecular complexity index is 511. The van der Waals surface area contributed by atoms with Crippen molar-refractivity contribution in [1.29, 1.82) is 0 Å². The van der Waals surface area contributed by atoms with Gasteiger partial charge < -0.3 is 10.6 Å². The van der Waals surface area contributed by atoms with Crippen LogP contribution in [0, 0.1) is 5.92 Å². The number of aliphatic imine (C=N–C) groups is 1. The highest BCUT2D eigenvalue weighted by molar-refractivity contribution is 7.91. The third kappa shape index (κ3) is 5.92. The van der Waals surface area contributed by atoms with Crippen molar-refractivity contribution in [3.63, 3.8) is 0 Å². The molecule has 24 heavy (non-hydrogen) atoms. The van der Waals surface area contributed by atoms with Crippen LogP contribution in [0.1, 0.15) is 46.0 Å². The summed E-state index contributed by atoms with van der Waals surface area (Å²) < 4.78 is 23.2. The molecule has 0 saturated carbocycles. The number of hydrogen-bond donors (Lipinski definition) is 2. The van der Waals surface area contributed by atoms with Crippen molar-refractivity contribution >= 4 is 15.8 Å². The summed E-state index contributed by atoms with van der Waals surface area (Å²) in [5.41, 5.74) is 0. The Morgan fingerprint density at radius 3 is 2.38 bits per heavy atom. The lowest BCUT2D eigenvalue weighted by Crippen LogP contribution is -2.51. The molecule has 2 unspecified atom stereocenters. The van der Waals surface area contributed by atoms with Gasteiger partial charge in [-0.2, -0.15) is 0 Å². The fourth-order valence-electron chi connectivity index (χ4n) is 3.71. The fourth-order valence-corrected chi connectivity index (χ4v) is 5.38. The Morgan fingerprint density at radius 1 is 1.21 bits per heavy atom. The standard InChI is InChI=1S/C17H34N4O2S/c1-14(2)16(21-9-6-4-5-7-10-21)12-19-17(18-3)20-15-8-11-24(22,23)13-15/h14-16H,4-13H2,1-3H3,(H2,18,19,20). The van der Waals surface area contributed by atoms with Crippen LogP contribution in [0.3, 0.4) is 0 Å². The van der Waals surface area contributed by atoms with Crippen molar-refractivity contribution in [1.82, 2.24) is 15.5 Å². The molecule has 2 aliphatic heterocycles. The van der Waals surface area contributed by atoms with Gasteiger partial charge in [-0.3, -0.25) is 9.89 Å². The number of nitrogens with zero attached hydrogens (tertiary/aromatic N) is 2. The highest BCUT2D eigenvalue weighted by Crippen LogP contribution is 2.17. The van der Waals surface area contributed by atoms with E-state index >= 15 is 0 Å². The van der Waals surface area contributed by atoms with Crippen LogP contribution in [0.2, 0.25) is 0 Å². The summed E-state index contributed by atoms with van der Waals surface area (Å²) in [5, 5.41) is 6.70. The van der Waals surface area contributed by atoms with Gasteiger partial charge in [0.05, 0.1) is 11.5 Å². The Morgan fingerprint density at radius 2 is 1.88 bits per heavy atom. The van der Waals surface area contributed by atoms with E-state index in [0.29, 0.717) is 18.4 Å². The molecule has 0 bridgehead atoms. The maximum absolute atomic E-state index is 11.6. The predicted octanol–water partition coefficient (Wildman–Crippen LogP) is 1.24. The van der Waals surface area contributed by atoms with Crippen LogP contribution in [0.15, 0.2) is 4.99 Å². The quantitative estimate of drug-likeness (QED) is 0.571. The molecule has 7 heteroatoms. The zero-order chi connectivity index (χ0) is 17.6. The van der Waals surface area contributed by atoms with Gasteiger partial charge in [0.25, 0.3) is 0 Å². The van der Waals surface area contributed by atoms with Gasteiger partial charge in [0, 0.05) is 25.7 Å². The molecular weight excluding hydrogens is 324 g/mol. The molecule has 2 N–H and O–H groups in total. The van der Waals surface area contributed by atoms with Gasteiger partial charge in [0.1, 0.15) is 0 Å². The Kier molecular flexibility index (Phi) is 7.34. The number of sulfone groups is 1. The van der Waals surface area contributed by atoms with Crippen LogP contribution in [0.5, 0.6) is 0 Å². The molecule has 0 aromatic heterocycles. The Labute approximate surface area is 147 Å². The third-order valence-electron chi connectivity index (χ3n) is 5.15. The minimum atomic E-state index is -2.87. The summed E-state index contributed by atoms with van der Waals surface area (Å²) in [5.74, 6) is 1.79. The summed E-state index contributed by atoms with van der Waals surface area (Å²) in [6, 6.07) is 0.464. The maximum atomic E-state index is 11.6. The summed E-state index contributed by atoms with van der Waals surface area (Å²) in [6.45, 7) is 7.75. The van der Waals surface area contributed by atoms with E-state index in [2.05, 4.69) is 34.4 Å². The molecule has 0 amide bonds. The zero-order valence-corrected chi connectivity index (χ0v) is 16.2. The van der Waals surface area contributed by atoms with E-state index in [1.165, 1.54) is 38.8 Å². The van der Waals surface area contributed by atoms with E-state index < -0.39 is 9.84 Å². The van der Waals surface area contributed by atoms with Gasteiger partial charge in [-0.1, -0.05) is 26.7 Å². The molecule has 2 atom stereocenters. The Hall–Kier alpha value is -0.820. The number of hydrogen-bond acceptors (Lipinski definition) is 4. The van der Waals surface area contributed by atoms with Gasteiger partial charge in [0.2, 0.25) is 0 Å². The zero-order valence-electron chi connectivity index (χ0n) is 15.4. The second kappa shape index (κ2) is 9.04. The average Bonchev–Trinajstić information content (AvgIpc) is 2.73. The van der Waals surface area contributed by atoms with Crippen LogP contribution in [0.25, 0.3) is 0 Å². The molecule has 0 aliphatic carbocycles. The molecule has 2 heterocycles. The third-order valence-corrected chi connectivity index (χ3v) is 6.92. The topological polar surface area (TPSA) is 73.8 Å². The van der Waals surface area contributed by atoms with Crippen molar-refractivity contribution in [3.05, 3.63) is 0 Å². The van der Waals surface area contributed by atoms with Crippen molar-refractivity contribution in [3.8, 4) is 0 Å². The molecule has 2 aliphatic rings. The summed E-state index contributed by atoms with van der Waals surface area (Å²) >= 11 is 0. The lowest BCUT2D eigenvalue weighted by Gasteiger charge is -2.34. The van der Waals surface area contributed by atoms with Crippen molar-refractivity contribution < 1.29 is 8.42 Å². The van der Waals surface area contributed by atoms with Crippen LogP contribution in [-0.2, 0) is 9.84 Å². The molecule has 2 rings (SSSR count). The van der Waals surface area contributed by atoms with Crippen LogP contribution in [0.4, 0.5) is 0 Å². The van der Waals surface area contributed by atoms with E-state index in [-0.39, 0.29) is 17.5 Å². The molecule has 0 spiro atoms. The maximum Gasteiger partial charge on any atom is 0.191 e. The number of rotatable bonds is 5. The van der Waals surface area contributed by atoms with Gasteiger partial charge in [-0.25, -0.2) is 8.42 Å². The normalized spacial score (nSPS) is 27.0. The van der Waals surface area contributed by atoms with Crippen molar-refractivity contribution in [2.24, 2.45) is 10.9 Å². The van der Waals surface area contributed by atoms with Crippen LogP contribution >= 0.6 is 0 Å². The largest absolute Gasteiger partial charge is 0.355 e.